The molecule has 0 saturated carbocycles. The van der Waals surface area contributed by atoms with E-state index in [0.29, 0.717) is 0 Å². The molecule has 0 unspecified atom stereocenters. The van der Waals surface area contributed by atoms with E-state index >= 15 is 0 Å². The predicted molar refractivity (Wildman–Crippen MR) is 41.4 cm³/mol. The van der Waals surface area contributed by atoms with Crippen molar-refractivity contribution in [2.45, 2.75) is 0 Å². The fourth-order valence-electron chi connectivity index (χ4n) is 0. The Hall–Kier alpha value is -0.0442. The van der Waals surface area contributed by atoms with Crippen molar-refractivity contribution in [3.05, 3.63) is 61.3 Å². The summed E-state index contributed by atoms with van der Waals surface area (Å²) in [6.45, 7) is 0. The van der Waals surface area contributed by atoms with Crippen LogP contribution in [0.3, 0.4) is 0 Å². The number of nitrogens with zero attached hydrogens (tertiary/aromatic N) is 4. The third-order valence-corrected chi connectivity index (χ3v) is 0. The minimum Gasteiger partial charge on any atom is -0.356 e. The van der Waals surface area contributed by atoms with Gasteiger partial charge < -0.3 is 61.3 Å². The van der Waals surface area contributed by atoms with Crippen molar-refractivity contribution in [1.29, 1.82) is 0 Å². The Kier molecular flexibility index (Phi) is 60.6. The molecule has 0 saturated heterocycles. The molecule has 0 aliphatic heterocycles. The largest absolute Gasteiger partial charge is 3.00 e. The monoisotopic (exact) mass is 475 g/mol. The minimum atomic E-state index is -1.75. The zero-order valence-corrected chi connectivity index (χ0v) is 16.3. The zero-order chi connectivity index (χ0) is 14.3. The van der Waals surface area contributed by atoms with Crippen LogP contribution in [-0.2, 0) is 0 Å². The second-order valence-corrected chi connectivity index (χ2v) is 0.894. The molecule has 0 aromatic heterocycles. The molecule has 0 spiro atoms. The van der Waals surface area contributed by atoms with Gasteiger partial charge in [0, 0.05) is 0 Å². The third kappa shape index (κ3) is 1830000. The molecule has 0 bridgehead atoms. The Morgan fingerprint density at radius 2 is 0.444 bits per heavy atom. The van der Waals surface area contributed by atoms with Gasteiger partial charge in [-0.1, -0.05) is 0 Å². The molecular weight excluding hydrogens is 478 g/mol. The molecule has 0 rings (SSSR count). The second-order valence-electron chi connectivity index (χ2n) is 0.894. The quantitative estimate of drug-likeness (QED) is 0.239. The van der Waals surface area contributed by atoms with Gasteiger partial charge in [-0.2, -0.15) is 0 Å². The summed E-state index contributed by atoms with van der Waals surface area (Å²) in [5, 5.41) is 59.0. The number of rotatable bonds is 0. The van der Waals surface area contributed by atoms with Gasteiger partial charge in [0.15, 0.2) is 0 Å². The Labute approximate surface area is 177 Å². The van der Waals surface area contributed by atoms with Crippen molar-refractivity contribution in [3.8, 4) is 0 Å². The van der Waals surface area contributed by atoms with Crippen LogP contribution in [0.2, 0.25) is 0 Å². The summed E-state index contributed by atoms with van der Waals surface area (Å²) in [4.78, 5) is 33.0. The van der Waals surface area contributed by atoms with E-state index in [0.717, 1.165) is 0 Å². The molecule has 0 heterocycles. The van der Waals surface area contributed by atoms with Crippen molar-refractivity contribution in [2.24, 2.45) is 0 Å². The van der Waals surface area contributed by atoms with Gasteiger partial charge >= 0.3 is 99.0 Å². The molecule has 18 heavy (non-hydrogen) atoms. The van der Waals surface area contributed by atoms with Crippen LogP contribution in [0.25, 0.3) is 0 Å². The van der Waals surface area contributed by atoms with Crippen LogP contribution in [0.4, 0.5) is 0 Å². The molecule has 0 aromatic carbocycles. The smallest absolute Gasteiger partial charge is 0.356 e. The van der Waals surface area contributed by atoms with Crippen LogP contribution in [0.1, 0.15) is 0 Å². The van der Waals surface area contributed by atoms with E-state index in [1.165, 1.54) is 0 Å². The molecule has 0 aliphatic carbocycles. The molecule has 0 aliphatic rings. The molecule has 16 nitrogen and oxygen atoms in total. The van der Waals surface area contributed by atoms with E-state index in [9.17, 15) is 0 Å². The van der Waals surface area contributed by atoms with Crippen molar-refractivity contribution < 1.29 is 119 Å². The molecule has 0 fully saturated rings. The predicted octanol–water partition coefficient (Wildman–Crippen LogP) is -3.95. The molecule has 0 N–H and O–H groups in total. The standard InChI is InChI=1S/4NO3.Nd.Rb/c4*2-1(3)4;;/q4*-1;+3;+1. The summed E-state index contributed by atoms with van der Waals surface area (Å²) in [5.74, 6) is 0. The fourth-order valence-corrected chi connectivity index (χ4v) is 0. The van der Waals surface area contributed by atoms with Gasteiger partial charge in [-0.15, -0.1) is 0 Å². The first-order valence-electron chi connectivity index (χ1n) is 2.19. The van der Waals surface area contributed by atoms with Crippen molar-refractivity contribution >= 4 is 0 Å². The van der Waals surface area contributed by atoms with E-state index in [2.05, 4.69) is 0 Å². The number of hydrogen-bond donors (Lipinski definition) is 0. The average molecular weight is 478 g/mol. The summed E-state index contributed by atoms with van der Waals surface area (Å²) in [6, 6.07) is 0. The van der Waals surface area contributed by atoms with Gasteiger partial charge in [-0.05, 0) is 0 Å². The van der Waals surface area contributed by atoms with E-state index in [-0.39, 0.29) is 99.0 Å². The summed E-state index contributed by atoms with van der Waals surface area (Å²) in [5.41, 5.74) is 0. The fraction of sp³-hybridized carbons (Fsp3) is 0. The maximum Gasteiger partial charge on any atom is 3.00 e. The van der Waals surface area contributed by atoms with Gasteiger partial charge in [0.2, 0.25) is 0 Å². The summed E-state index contributed by atoms with van der Waals surface area (Å²) in [7, 11) is 0. The first kappa shape index (κ1) is 36.1. The van der Waals surface area contributed by atoms with Crippen LogP contribution in [-0.4, -0.2) is 20.3 Å². The molecule has 0 aromatic rings. The van der Waals surface area contributed by atoms with Crippen LogP contribution in [0.5, 0.6) is 0 Å². The Bertz CT molecular complexity index is 164. The minimum absolute atomic E-state index is 0. The molecule has 0 amide bonds. The van der Waals surface area contributed by atoms with Gasteiger partial charge in [0.1, 0.15) is 0 Å². The van der Waals surface area contributed by atoms with Gasteiger partial charge in [-0.25, -0.2) is 0 Å². The topological polar surface area (TPSA) is 265 Å². The van der Waals surface area contributed by atoms with Crippen LogP contribution in [0.15, 0.2) is 0 Å². The van der Waals surface area contributed by atoms with Crippen LogP contribution in [0, 0.1) is 102 Å². The van der Waals surface area contributed by atoms with Gasteiger partial charge in [0.25, 0.3) is 0 Å². The van der Waals surface area contributed by atoms with Crippen LogP contribution < -0.4 is 58.2 Å². The first-order chi connectivity index (χ1) is 6.93. The second kappa shape index (κ2) is 30.2. The molecule has 18 heteroatoms. The molecule has 0 atom stereocenters. The van der Waals surface area contributed by atoms with Gasteiger partial charge in [0.05, 0.1) is 20.3 Å². The number of hydrogen-bond acceptors (Lipinski definition) is 12. The van der Waals surface area contributed by atoms with Crippen molar-refractivity contribution in [3.63, 3.8) is 0 Å². The average Bonchev–Trinajstić information content (AvgIpc) is 1.76. The maximum absolute atomic E-state index is 8.25. The molecule has 97 valence electrons. The summed E-state index contributed by atoms with van der Waals surface area (Å²) in [6.07, 6.45) is 0. The normalized spacial score (nSPS) is 5.33. The molecular formula is N4NdO12Rb. The maximum atomic E-state index is 8.25. The third-order valence-electron chi connectivity index (χ3n) is 0. The van der Waals surface area contributed by atoms with E-state index in [1.54, 1.807) is 0 Å². The van der Waals surface area contributed by atoms with Crippen molar-refractivity contribution in [1.82, 2.24) is 0 Å². The zero-order valence-electron chi connectivity index (χ0n) is 8.19. The SMILES string of the molecule is O=[N+]([O-])[O-].O=[N+]([O-])[O-].O=[N+]([O-])[O-].O=[N+]([O-])[O-].[Nd+3].[Rb+]. The Morgan fingerprint density at radius 3 is 0.444 bits per heavy atom. The Morgan fingerprint density at radius 1 is 0.444 bits per heavy atom. The summed E-state index contributed by atoms with van der Waals surface area (Å²) < 4.78 is 0. The molecule has 1 radical (unpaired) electrons. The van der Waals surface area contributed by atoms with E-state index in [1.807, 2.05) is 0 Å². The van der Waals surface area contributed by atoms with Crippen LogP contribution >= 0.6 is 0 Å². The van der Waals surface area contributed by atoms with E-state index in [4.69, 9.17) is 61.3 Å². The Balaban J connectivity index is -0.0000000257. The summed E-state index contributed by atoms with van der Waals surface area (Å²) >= 11 is 0. The van der Waals surface area contributed by atoms with Gasteiger partial charge in [-0.3, -0.25) is 0 Å². The van der Waals surface area contributed by atoms with Crippen molar-refractivity contribution in [2.75, 3.05) is 0 Å². The first-order valence-corrected chi connectivity index (χ1v) is 2.19. The van der Waals surface area contributed by atoms with E-state index < -0.39 is 20.3 Å².